The van der Waals surface area contributed by atoms with Crippen LogP contribution in [0.4, 0.5) is 0 Å². The predicted octanol–water partition coefficient (Wildman–Crippen LogP) is 3.28. The summed E-state index contributed by atoms with van der Waals surface area (Å²) in [5, 5.41) is 8.08. The molecule has 2 rings (SSSR count). The summed E-state index contributed by atoms with van der Waals surface area (Å²) in [6, 6.07) is 0. The van der Waals surface area contributed by atoms with Crippen molar-refractivity contribution in [3.05, 3.63) is 35.9 Å². The van der Waals surface area contributed by atoms with Crippen molar-refractivity contribution in [2.24, 2.45) is 0 Å². The molecule has 0 aliphatic heterocycles. The Morgan fingerprint density at radius 1 is 0.889 bits per heavy atom. The van der Waals surface area contributed by atoms with Crippen LogP contribution in [0.3, 0.4) is 0 Å². The predicted molar refractivity (Wildman–Crippen MR) is 74.9 cm³/mol. The summed E-state index contributed by atoms with van der Waals surface area (Å²) in [6.07, 6.45) is 7.48. The first-order valence-electron chi connectivity index (χ1n) is 5.88. The van der Waals surface area contributed by atoms with Gasteiger partial charge in [-0.1, -0.05) is 0 Å². The van der Waals surface area contributed by atoms with Gasteiger partial charge in [-0.05, 0) is 13.8 Å². The highest BCUT2D eigenvalue weighted by Gasteiger charge is 1.92. The van der Waals surface area contributed by atoms with E-state index in [1.54, 1.807) is 12.4 Å². The van der Waals surface area contributed by atoms with Gasteiger partial charge in [0.25, 0.3) is 0 Å². The number of halogens is 2. The van der Waals surface area contributed by atoms with Gasteiger partial charge in [-0.3, -0.25) is 9.36 Å². The molecule has 4 nitrogen and oxygen atoms in total. The first-order chi connectivity index (χ1) is 8.73. The molecule has 0 radical (unpaired) electrons. The number of alkyl halides is 2. The fourth-order valence-corrected chi connectivity index (χ4v) is 1.57. The van der Waals surface area contributed by atoms with E-state index in [9.17, 15) is 0 Å². The molecule has 0 spiro atoms. The highest BCUT2D eigenvalue weighted by molar-refractivity contribution is 6.17. The Balaban J connectivity index is 0.000000180. The SMILES string of the molecule is CCn1cc(CCl)cn1.CCn1cc(CCl)cn1. The molecule has 0 bridgehead atoms. The number of hydrogen-bond acceptors (Lipinski definition) is 2. The van der Waals surface area contributed by atoms with E-state index in [4.69, 9.17) is 23.2 Å². The first-order valence-corrected chi connectivity index (χ1v) is 6.94. The van der Waals surface area contributed by atoms with Crippen LogP contribution in [0.15, 0.2) is 24.8 Å². The van der Waals surface area contributed by atoms with E-state index in [1.807, 2.05) is 35.6 Å². The minimum atomic E-state index is 0.556. The Hall–Kier alpha value is -1.00. The van der Waals surface area contributed by atoms with Crippen LogP contribution in [0.5, 0.6) is 0 Å². The van der Waals surface area contributed by atoms with Crippen LogP contribution in [0.1, 0.15) is 25.0 Å². The molecule has 0 saturated carbocycles. The van der Waals surface area contributed by atoms with E-state index >= 15 is 0 Å². The second-order valence-electron chi connectivity index (χ2n) is 3.68. The van der Waals surface area contributed by atoms with Crippen LogP contribution in [-0.4, -0.2) is 19.6 Å². The fourth-order valence-electron chi connectivity index (χ4n) is 1.30. The summed E-state index contributed by atoms with van der Waals surface area (Å²) in [5.74, 6) is 1.11. The molecule has 0 unspecified atom stereocenters. The van der Waals surface area contributed by atoms with E-state index in [0.29, 0.717) is 11.8 Å². The lowest BCUT2D eigenvalue weighted by molar-refractivity contribution is 0.659. The van der Waals surface area contributed by atoms with Crippen molar-refractivity contribution in [1.82, 2.24) is 19.6 Å². The van der Waals surface area contributed by atoms with Gasteiger partial charge in [0.2, 0.25) is 0 Å². The second-order valence-corrected chi connectivity index (χ2v) is 4.21. The molecule has 0 aromatic carbocycles. The Morgan fingerprint density at radius 3 is 1.44 bits per heavy atom. The third kappa shape index (κ3) is 4.70. The molecule has 18 heavy (non-hydrogen) atoms. The van der Waals surface area contributed by atoms with Crippen LogP contribution in [0, 0.1) is 0 Å². The lowest BCUT2D eigenvalue weighted by atomic mass is 10.4. The summed E-state index contributed by atoms with van der Waals surface area (Å²) >= 11 is 11.1. The molecule has 0 saturated heterocycles. The van der Waals surface area contributed by atoms with Crippen molar-refractivity contribution < 1.29 is 0 Å². The fraction of sp³-hybridized carbons (Fsp3) is 0.500. The van der Waals surface area contributed by atoms with Crippen LogP contribution in [0.2, 0.25) is 0 Å². The van der Waals surface area contributed by atoms with Gasteiger partial charge in [0, 0.05) is 36.6 Å². The summed E-state index contributed by atoms with van der Waals surface area (Å²) in [7, 11) is 0. The molecule has 100 valence electrons. The second kappa shape index (κ2) is 8.16. The van der Waals surface area contributed by atoms with E-state index in [1.165, 1.54) is 0 Å². The lowest BCUT2D eigenvalue weighted by Crippen LogP contribution is -1.91. The molecule has 0 N–H and O–H groups in total. The average molecular weight is 289 g/mol. The number of rotatable bonds is 4. The molecule has 0 fully saturated rings. The highest BCUT2D eigenvalue weighted by atomic mass is 35.5. The van der Waals surface area contributed by atoms with Crippen molar-refractivity contribution in [3.63, 3.8) is 0 Å². The molecule has 2 heterocycles. The largest absolute Gasteiger partial charge is 0.273 e. The van der Waals surface area contributed by atoms with Gasteiger partial charge in [0.15, 0.2) is 0 Å². The molecule has 2 aromatic rings. The van der Waals surface area contributed by atoms with E-state index in [2.05, 4.69) is 10.2 Å². The van der Waals surface area contributed by atoms with Crippen molar-refractivity contribution in [3.8, 4) is 0 Å². The van der Waals surface area contributed by atoms with Gasteiger partial charge in [-0.15, -0.1) is 23.2 Å². The maximum atomic E-state index is 5.54. The van der Waals surface area contributed by atoms with E-state index in [-0.39, 0.29) is 0 Å². The number of aryl methyl sites for hydroxylation is 2. The average Bonchev–Trinajstić information content (AvgIpc) is 3.07. The standard InChI is InChI=1S/2C6H9ClN2/c2*1-2-9-5-6(3-7)4-8-9/h2*4-5H,2-3H2,1H3. The topological polar surface area (TPSA) is 35.6 Å². The monoisotopic (exact) mass is 288 g/mol. The Morgan fingerprint density at radius 2 is 1.28 bits per heavy atom. The van der Waals surface area contributed by atoms with Gasteiger partial charge in [0.05, 0.1) is 24.2 Å². The van der Waals surface area contributed by atoms with Gasteiger partial charge < -0.3 is 0 Å². The Labute approximate surface area is 118 Å². The van der Waals surface area contributed by atoms with Gasteiger partial charge in [0.1, 0.15) is 0 Å². The molecule has 0 amide bonds. The van der Waals surface area contributed by atoms with Gasteiger partial charge in [-0.2, -0.15) is 10.2 Å². The smallest absolute Gasteiger partial charge is 0.0533 e. The minimum Gasteiger partial charge on any atom is -0.273 e. The number of nitrogens with zero attached hydrogens (tertiary/aromatic N) is 4. The Kier molecular flexibility index (Phi) is 6.83. The molecule has 6 heteroatoms. The van der Waals surface area contributed by atoms with Gasteiger partial charge in [-0.25, -0.2) is 0 Å². The zero-order chi connectivity index (χ0) is 13.4. The van der Waals surface area contributed by atoms with Gasteiger partial charge >= 0.3 is 0 Å². The quantitative estimate of drug-likeness (QED) is 0.810. The summed E-state index contributed by atoms with van der Waals surface area (Å²) < 4.78 is 3.72. The Bertz CT molecular complexity index is 371. The minimum absolute atomic E-state index is 0.556. The summed E-state index contributed by atoms with van der Waals surface area (Å²) in [6.45, 7) is 5.92. The first kappa shape index (κ1) is 15.1. The van der Waals surface area contributed by atoms with Crippen molar-refractivity contribution in [2.45, 2.75) is 38.7 Å². The van der Waals surface area contributed by atoms with E-state index < -0.39 is 0 Å². The number of aromatic nitrogens is 4. The highest BCUT2D eigenvalue weighted by Crippen LogP contribution is 2.01. The van der Waals surface area contributed by atoms with Crippen molar-refractivity contribution in [2.75, 3.05) is 0 Å². The third-order valence-corrected chi connectivity index (χ3v) is 2.95. The van der Waals surface area contributed by atoms with Crippen LogP contribution in [0.25, 0.3) is 0 Å². The molecular weight excluding hydrogens is 271 g/mol. The summed E-state index contributed by atoms with van der Waals surface area (Å²) in [4.78, 5) is 0. The third-order valence-electron chi connectivity index (χ3n) is 2.33. The van der Waals surface area contributed by atoms with Crippen molar-refractivity contribution in [1.29, 1.82) is 0 Å². The molecule has 0 atom stereocenters. The lowest BCUT2D eigenvalue weighted by Gasteiger charge is -1.89. The molecule has 0 aliphatic carbocycles. The number of hydrogen-bond donors (Lipinski definition) is 0. The maximum absolute atomic E-state index is 5.54. The summed E-state index contributed by atoms with van der Waals surface area (Å²) in [5.41, 5.74) is 2.16. The molecule has 2 aromatic heterocycles. The van der Waals surface area contributed by atoms with Crippen LogP contribution >= 0.6 is 23.2 Å². The zero-order valence-electron chi connectivity index (χ0n) is 10.7. The van der Waals surface area contributed by atoms with Crippen molar-refractivity contribution >= 4 is 23.2 Å². The van der Waals surface area contributed by atoms with E-state index in [0.717, 1.165) is 24.2 Å². The maximum Gasteiger partial charge on any atom is 0.0533 e. The normalized spacial score (nSPS) is 10.0. The molecular formula is C12H18Cl2N4. The van der Waals surface area contributed by atoms with Crippen LogP contribution < -0.4 is 0 Å². The molecule has 0 aliphatic rings. The van der Waals surface area contributed by atoms with Crippen LogP contribution in [-0.2, 0) is 24.8 Å². The zero-order valence-corrected chi connectivity index (χ0v) is 12.2.